The normalized spacial score (nSPS) is 26.3. The molecule has 2 aliphatic carbocycles. The van der Waals surface area contributed by atoms with E-state index in [0.717, 1.165) is 24.1 Å². The first-order valence-electron chi connectivity index (χ1n) is 7.34. The van der Waals surface area contributed by atoms with Crippen LogP contribution in [-0.4, -0.2) is 11.9 Å². The Morgan fingerprint density at radius 2 is 1.86 bits per heavy atom. The van der Waals surface area contributed by atoms with Crippen molar-refractivity contribution in [2.75, 3.05) is 0 Å². The van der Waals surface area contributed by atoms with Crippen molar-refractivity contribution in [3.63, 3.8) is 0 Å². The second kappa shape index (κ2) is 5.04. The van der Waals surface area contributed by atoms with E-state index in [0.29, 0.717) is 5.92 Å². The Balaban J connectivity index is 1.58. The SMILES string of the molecule is C[C@H](NC(=O)[C@@H]1C[C@@H]1c1ccc(C(F)(F)F)cc1)C1CC1. The second-order valence-electron chi connectivity index (χ2n) is 6.20. The van der Waals surface area contributed by atoms with Crippen LogP contribution in [0.4, 0.5) is 13.2 Å². The lowest BCUT2D eigenvalue weighted by molar-refractivity contribution is -0.137. The molecule has 0 spiro atoms. The Hall–Kier alpha value is -1.52. The zero-order chi connectivity index (χ0) is 15.2. The third-order valence-corrected chi connectivity index (χ3v) is 4.49. The lowest BCUT2D eigenvalue weighted by Gasteiger charge is -2.12. The third kappa shape index (κ3) is 3.22. The van der Waals surface area contributed by atoms with Gasteiger partial charge in [0.15, 0.2) is 0 Å². The van der Waals surface area contributed by atoms with E-state index in [9.17, 15) is 18.0 Å². The van der Waals surface area contributed by atoms with Gasteiger partial charge in [-0.2, -0.15) is 13.2 Å². The van der Waals surface area contributed by atoms with Gasteiger partial charge >= 0.3 is 6.18 Å². The predicted molar refractivity (Wildman–Crippen MR) is 72.6 cm³/mol. The van der Waals surface area contributed by atoms with Crippen LogP contribution in [0.5, 0.6) is 0 Å². The first kappa shape index (κ1) is 14.4. The number of hydrogen-bond donors (Lipinski definition) is 1. The molecule has 2 fully saturated rings. The van der Waals surface area contributed by atoms with Gasteiger partial charge in [-0.25, -0.2) is 0 Å². The number of hydrogen-bond acceptors (Lipinski definition) is 1. The molecule has 0 saturated heterocycles. The molecule has 0 unspecified atom stereocenters. The lowest BCUT2D eigenvalue weighted by atomic mass is 10.1. The Morgan fingerprint density at radius 1 is 1.24 bits per heavy atom. The van der Waals surface area contributed by atoms with Crippen LogP contribution in [0, 0.1) is 11.8 Å². The zero-order valence-electron chi connectivity index (χ0n) is 11.8. The second-order valence-corrected chi connectivity index (χ2v) is 6.20. The number of alkyl halides is 3. The molecule has 1 amide bonds. The molecule has 3 atom stereocenters. The largest absolute Gasteiger partial charge is 0.416 e. The minimum Gasteiger partial charge on any atom is -0.353 e. The van der Waals surface area contributed by atoms with Gasteiger partial charge in [-0.05, 0) is 55.7 Å². The number of rotatable bonds is 4. The fraction of sp³-hybridized carbons (Fsp3) is 0.562. The van der Waals surface area contributed by atoms with Crippen molar-refractivity contribution < 1.29 is 18.0 Å². The Morgan fingerprint density at radius 3 is 2.38 bits per heavy atom. The van der Waals surface area contributed by atoms with Gasteiger partial charge < -0.3 is 5.32 Å². The number of amides is 1. The van der Waals surface area contributed by atoms with Crippen molar-refractivity contribution in [1.29, 1.82) is 0 Å². The number of carbonyl (C=O) groups excluding carboxylic acids is 1. The van der Waals surface area contributed by atoms with Crippen molar-refractivity contribution in [1.82, 2.24) is 5.32 Å². The molecule has 0 aliphatic heterocycles. The van der Waals surface area contributed by atoms with Gasteiger partial charge in [0.25, 0.3) is 0 Å². The molecule has 0 aromatic heterocycles. The zero-order valence-corrected chi connectivity index (χ0v) is 11.8. The number of benzene rings is 1. The topological polar surface area (TPSA) is 29.1 Å². The molecule has 1 N–H and O–H groups in total. The third-order valence-electron chi connectivity index (χ3n) is 4.49. The van der Waals surface area contributed by atoms with Crippen LogP contribution in [0.2, 0.25) is 0 Å². The maximum absolute atomic E-state index is 12.5. The smallest absolute Gasteiger partial charge is 0.353 e. The van der Waals surface area contributed by atoms with E-state index in [1.54, 1.807) is 0 Å². The fourth-order valence-electron chi connectivity index (χ4n) is 2.82. The quantitative estimate of drug-likeness (QED) is 0.901. The predicted octanol–water partition coefficient (Wildman–Crippen LogP) is 3.72. The number of carbonyl (C=O) groups is 1. The molecule has 2 saturated carbocycles. The van der Waals surface area contributed by atoms with Gasteiger partial charge in [0, 0.05) is 12.0 Å². The van der Waals surface area contributed by atoms with Crippen molar-refractivity contribution >= 4 is 5.91 Å². The molecule has 0 radical (unpaired) electrons. The standard InChI is InChI=1S/C16H18F3NO/c1-9(10-2-3-10)20-15(21)14-8-13(14)11-4-6-12(7-5-11)16(17,18)19/h4-7,9-10,13-14H,2-3,8H2,1H3,(H,20,21)/t9-,13+,14+/m0/s1. The highest BCUT2D eigenvalue weighted by atomic mass is 19.4. The van der Waals surface area contributed by atoms with Gasteiger partial charge in [-0.1, -0.05) is 12.1 Å². The molecule has 2 aliphatic rings. The van der Waals surface area contributed by atoms with Gasteiger partial charge in [0.1, 0.15) is 0 Å². The summed E-state index contributed by atoms with van der Waals surface area (Å²) in [6.45, 7) is 2.02. The lowest BCUT2D eigenvalue weighted by Crippen LogP contribution is -2.35. The summed E-state index contributed by atoms with van der Waals surface area (Å²) in [6.07, 6.45) is -1.23. The molecule has 0 bridgehead atoms. The molecule has 5 heteroatoms. The van der Waals surface area contributed by atoms with Crippen LogP contribution in [-0.2, 0) is 11.0 Å². The summed E-state index contributed by atoms with van der Waals surface area (Å²) in [6, 6.07) is 5.38. The van der Waals surface area contributed by atoms with Crippen molar-refractivity contribution in [2.24, 2.45) is 11.8 Å². The maximum atomic E-state index is 12.5. The first-order valence-corrected chi connectivity index (χ1v) is 7.34. The summed E-state index contributed by atoms with van der Waals surface area (Å²) in [5.41, 5.74) is 0.178. The first-order chi connectivity index (χ1) is 9.86. The van der Waals surface area contributed by atoms with Gasteiger partial charge in [-0.3, -0.25) is 4.79 Å². The summed E-state index contributed by atoms with van der Waals surface area (Å²) in [5.74, 6) is 0.637. The van der Waals surface area contributed by atoms with E-state index in [1.165, 1.54) is 25.0 Å². The Labute approximate surface area is 121 Å². The molecule has 3 rings (SSSR count). The molecule has 1 aromatic carbocycles. The van der Waals surface area contributed by atoms with E-state index < -0.39 is 11.7 Å². The van der Waals surface area contributed by atoms with E-state index in [4.69, 9.17) is 0 Å². The van der Waals surface area contributed by atoms with Gasteiger partial charge in [-0.15, -0.1) is 0 Å². The van der Waals surface area contributed by atoms with E-state index in [-0.39, 0.29) is 23.8 Å². The summed E-state index contributed by atoms with van der Waals surface area (Å²) in [7, 11) is 0. The maximum Gasteiger partial charge on any atom is 0.416 e. The van der Waals surface area contributed by atoms with E-state index in [1.807, 2.05) is 6.92 Å². The minimum absolute atomic E-state index is 0.0410. The van der Waals surface area contributed by atoms with Crippen LogP contribution in [0.25, 0.3) is 0 Å². The minimum atomic E-state index is -4.31. The highest BCUT2D eigenvalue weighted by molar-refractivity contribution is 5.83. The van der Waals surface area contributed by atoms with Crippen LogP contribution in [0.3, 0.4) is 0 Å². The highest BCUT2D eigenvalue weighted by Gasteiger charge is 2.45. The summed E-state index contributed by atoms with van der Waals surface area (Å²) in [4.78, 5) is 12.1. The van der Waals surface area contributed by atoms with Crippen molar-refractivity contribution in [3.05, 3.63) is 35.4 Å². The van der Waals surface area contributed by atoms with Crippen molar-refractivity contribution in [2.45, 2.75) is 44.3 Å². The Kier molecular flexibility index (Phi) is 3.46. The van der Waals surface area contributed by atoms with Gasteiger partial charge in [0.2, 0.25) is 5.91 Å². The van der Waals surface area contributed by atoms with Crippen LogP contribution >= 0.6 is 0 Å². The molecule has 1 aromatic rings. The number of halogens is 3. The molecular weight excluding hydrogens is 279 g/mol. The van der Waals surface area contributed by atoms with E-state index in [2.05, 4.69) is 5.32 Å². The molecule has 114 valence electrons. The summed E-state index contributed by atoms with van der Waals surface area (Å²) >= 11 is 0. The fourth-order valence-corrected chi connectivity index (χ4v) is 2.82. The van der Waals surface area contributed by atoms with Crippen LogP contribution in [0.1, 0.15) is 43.2 Å². The summed E-state index contributed by atoms with van der Waals surface area (Å²) < 4.78 is 37.5. The Bertz CT molecular complexity index is 533. The average molecular weight is 297 g/mol. The summed E-state index contributed by atoms with van der Waals surface area (Å²) in [5, 5.41) is 3.02. The monoisotopic (exact) mass is 297 g/mol. The average Bonchev–Trinajstić information content (AvgIpc) is 3.28. The molecule has 0 heterocycles. The van der Waals surface area contributed by atoms with Crippen molar-refractivity contribution in [3.8, 4) is 0 Å². The highest BCUT2D eigenvalue weighted by Crippen LogP contribution is 2.48. The van der Waals surface area contributed by atoms with Crippen LogP contribution < -0.4 is 5.32 Å². The van der Waals surface area contributed by atoms with E-state index >= 15 is 0 Å². The molecule has 21 heavy (non-hydrogen) atoms. The van der Waals surface area contributed by atoms with Gasteiger partial charge in [0.05, 0.1) is 5.56 Å². The molecular formula is C16H18F3NO. The van der Waals surface area contributed by atoms with Crippen LogP contribution in [0.15, 0.2) is 24.3 Å². The number of nitrogens with one attached hydrogen (secondary N) is 1. The molecule has 2 nitrogen and oxygen atoms in total.